The van der Waals surface area contributed by atoms with E-state index >= 15 is 0 Å². The van der Waals surface area contributed by atoms with Crippen molar-refractivity contribution in [3.05, 3.63) is 96.5 Å². The van der Waals surface area contributed by atoms with Crippen LogP contribution >= 0.6 is 0 Å². The van der Waals surface area contributed by atoms with Gasteiger partial charge in [-0.3, -0.25) is 0 Å². The van der Waals surface area contributed by atoms with Gasteiger partial charge in [-0.15, -0.1) is 0 Å². The first kappa shape index (κ1) is 28.2. The molecule has 2 radical (unpaired) electrons. The summed E-state index contributed by atoms with van der Waals surface area (Å²) in [5, 5.41) is 8.36. The van der Waals surface area contributed by atoms with E-state index < -0.39 is 18.2 Å². The summed E-state index contributed by atoms with van der Waals surface area (Å²) in [5.41, 5.74) is 3.48. The second-order valence-corrected chi connectivity index (χ2v) is 8.99. The summed E-state index contributed by atoms with van der Waals surface area (Å²) in [6.07, 6.45) is 2.49. The van der Waals surface area contributed by atoms with E-state index in [1.54, 1.807) is 54.5 Å². The van der Waals surface area contributed by atoms with Gasteiger partial charge < -0.3 is 34.7 Å². The van der Waals surface area contributed by atoms with Crippen LogP contribution in [0.4, 0.5) is 21.0 Å². The number of oxazole rings is 1. The van der Waals surface area contributed by atoms with Crippen LogP contribution in [0.3, 0.4) is 0 Å². The van der Waals surface area contributed by atoms with E-state index in [2.05, 4.69) is 20.9 Å². The van der Waals surface area contributed by atoms with Gasteiger partial charge in [-0.2, -0.15) is 0 Å². The fourth-order valence-corrected chi connectivity index (χ4v) is 4.00. The predicted octanol–water partition coefficient (Wildman–Crippen LogP) is 5.37. The van der Waals surface area contributed by atoms with Crippen LogP contribution in [-0.4, -0.2) is 50.6 Å². The molecule has 4 aromatic rings. The average molecular weight is 539 g/mol. The minimum absolute atomic E-state index is 0.217. The number of rotatable bonds is 11. The molecule has 1 heterocycles. The van der Waals surface area contributed by atoms with E-state index in [1.807, 2.05) is 36.4 Å². The number of anilines is 2. The highest BCUT2D eigenvalue weighted by Crippen LogP contribution is 2.32. The van der Waals surface area contributed by atoms with Crippen LogP contribution in [0.25, 0.3) is 11.3 Å². The van der Waals surface area contributed by atoms with Crippen LogP contribution in [-0.2, 0) is 11.3 Å². The normalized spacial score (nSPS) is 11.5. The molecule has 10 nitrogen and oxygen atoms in total. The predicted molar refractivity (Wildman–Crippen MR) is 153 cm³/mol. The molecule has 3 N–H and O–H groups in total. The number of urea groups is 1. The Balaban J connectivity index is 1.31. The zero-order valence-corrected chi connectivity index (χ0v) is 22.3. The molecule has 204 valence electrons. The standard InChI is InChI=1S/C29H30BN5O5/c1-35(30)14-13-25(21-8-4-3-5-9-21)40-29(37)32-17-20-7-6-10-22(15-20)33-28(36)34-23-11-12-24(26(16-23)38-2)27-18-31-19-39-27/h3-12,15-16,18-19,25H,13-14,17H2,1-2H3,(H,32,37)(H2,33,34,36). The van der Waals surface area contributed by atoms with E-state index in [-0.39, 0.29) is 6.54 Å². The van der Waals surface area contributed by atoms with Crippen molar-refractivity contribution in [2.75, 3.05) is 31.3 Å². The first-order valence-electron chi connectivity index (χ1n) is 12.6. The molecule has 1 atom stereocenters. The summed E-state index contributed by atoms with van der Waals surface area (Å²) < 4.78 is 16.5. The molecule has 0 aliphatic rings. The third-order valence-corrected chi connectivity index (χ3v) is 5.94. The lowest BCUT2D eigenvalue weighted by molar-refractivity contribution is 0.0897. The molecule has 1 unspecified atom stereocenters. The molecular formula is C29H30BN5O5. The molecule has 0 bridgehead atoms. The van der Waals surface area contributed by atoms with Crippen molar-refractivity contribution in [1.29, 1.82) is 0 Å². The summed E-state index contributed by atoms with van der Waals surface area (Å²) in [7, 11) is 9.04. The third-order valence-electron chi connectivity index (χ3n) is 5.94. The second-order valence-electron chi connectivity index (χ2n) is 8.99. The maximum absolute atomic E-state index is 12.6. The largest absolute Gasteiger partial charge is 0.496 e. The van der Waals surface area contributed by atoms with Crippen molar-refractivity contribution >= 4 is 31.5 Å². The SMILES string of the molecule is [B]N(C)CCC(OC(=O)NCc1cccc(NC(=O)Nc2ccc(-c3cnco3)c(OC)c2)c1)c1ccccc1. The number of nitrogens with one attached hydrogen (secondary N) is 3. The van der Waals surface area contributed by atoms with Crippen molar-refractivity contribution in [3.63, 3.8) is 0 Å². The number of ether oxygens (including phenoxy) is 2. The maximum atomic E-state index is 12.6. The molecule has 0 spiro atoms. The highest BCUT2D eigenvalue weighted by atomic mass is 16.6. The molecule has 4 rings (SSSR count). The smallest absolute Gasteiger partial charge is 0.408 e. The number of nitrogens with zero attached hydrogens (tertiary/aromatic N) is 2. The topological polar surface area (TPSA) is 118 Å². The van der Waals surface area contributed by atoms with Gasteiger partial charge >= 0.3 is 12.1 Å². The Morgan fingerprint density at radius 1 is 1.02 bits per heavy atom. The number of methoxy groups -OCH3 is 1. The van der Waals surface area contributed by atoms with E-state index in [4.69, 9.17) is 21.9 Å². The summed E-state index contributed by atoms with van der Waals surface area (Å²) in [4.78, 5) is 30.7. The minimum atomic E-state index is -0.549. The molecule has 0 aliphatic heterocycles. The summed E-state index contributed by atoms with van der Waals surface area (Å²) in [5.74, 6) is 1.08. The van der Waals surface area contributed by atoms with Gasteiger partial charge in [0.15, 0.2) is 20.1 Å². The number of amides is 3. The fraction of sp³-hybridized carbons (Fsp3) is 0.207. The Labute approximate surface area is 234 Å². The molecule has 1 aromatic heterocycles. The van der Waals surface area contributed by atoms with Gasteiger partial charge in [0.1, 0.15) is 11.9 Å². The van der Waals surface area contributed by atoms with Gasteiger partial charge in [-0.1, -0.05) is 42.5 Å². The lowest BCUT2D eigenvalue weighted by Gasteiger charge is -2.21. The Hall–Kier alpha value is -4.77. The van der Waals surface area contributed by atoms with Gasteiger partial charge in [0.2, 0.25) is 0 Å². The van der Waals surface area contributed by atoms with Crippen LogP contribution in [0.1, 0.15) is 23.7 Å². The number of aromatic nitrogens is 1. The number of hydrogen-bond acceptors (Lipinski definition) is 7. The van der Waals surface area contributed by atoms with Gasteiger partial charge in [0, 0.05) is 30.4 Å². The molecule has 0 aliphatic carbocycles. The van der Waals surface area contributed by atoms with E-state index in [9.17, 15) is 9.59 Å². The first-order chi connectivity index (χ1) is 19.4. The number of hydrogen-bond donors (Lipinski definition) is 3. The van der Waals surface area contributed by atoms with Crippen molar-refractivity contribution in [2.45, 2.75) is 19.1 Å². The zero-order valence-electron chi connectivity index (χ0n) is 22.3. The quantitative estimate of drug-likeness (QED) is 0.220. The van der Waals surface area contributed by atoms with E-state index in [0.717, 1.165) is 11.1 Å². The highest BCUT2D eigenvalue weighted by molar-refractivity contribution is 6.04. The van der Waals surface area contributed by atoms with Gasteiger partial charge in [-0.25, -0.2) is 14.6 Å². The number of carbonyl (C=O) groups excluding carboxylic acids is 2. The molecule has 3 amide bonds. The molecule has 0 saturated carbocycles. The first-order valence-corrected chi connectivity index (χ1v) is 12.6. The third kappa shape index (κ3) is 8.11. The Morgan fingerprint density at radius 2 is 1.80 bits per heavy atom. The molecule has 3 aromatic carbocycles. The number of carbonyl (C=O) groups is 2. The van der Waals surface area contributed by atoms with Crippen molar-refractivity contribution in [2.24, 2.45) is 0 Å². The summed E-state index contributed by atoms with van der Waals surface area (Å²) in [6, 6.07) is 21.4. The Kier molecular flexibility index (Phi) is 9.79. The number of benzene rings is 3. The van der Waals surface area contributed by atoms with Crippen LogP contribution in [0, 0.1) is 0 Å². The highest BCUT2D eigenvalue weighted by Gasteiger charge is 2.17. The van der Waals surface area contributed by atoms with Crippen LogP contribution < -0.4 is 20.7 Å². The summed E-state index contributed by atoms with van der Waals surface area (Å²) in [6.45, 7) is 0.773. The van der Waals surface area contributed by atoms with Crippen LogP contribution in [0.2, 0.25) is 0 Å². The minimum Gasteiger partial charge on any atom is -0.496 e. The molecule has 0 saturated heterocycles. The van der Waals surface area contributed by atoms with Crippen molar-refractivity contribution in [3.8, 4) is 17.1 Å². The van der Waals surface area contributed by atoms with E-state index in [1.165, 1.54) is 13.5 Å². The van der Waals surface area contributed by atoms with Crippen LogP contribution in [0.5, 0.6) is 5.75 Å². The molecule has 40 heavy (non-hydrogen) atoms. The van der Waals surface area contributed by atoms with Crippen LogP contribution in [0.15, 0.2) is 89.8 Å². The number of alkyl carbamates (subject to hydrolysis) is 1. The zero-order chi connectivity index (χ0) is 28.3. The van der Waals surface area contributed by atoms with Gasteiger partial charge in [0.25, 0.3) is 0 Å². The van der Waals surface area contributed by atoms with Gasteiger partial charge in [-0.05, 0) is 49.0 Å². The molecular weight excluding hydrogens is 509 g/mol. The lowest BCUT2D eigenvalue weighted by atomic mass is 10.1. The fourth-order valence-electron chi connectivity index (χ4n) is 4.00. The van der Waals surface area contributed by atoms with Crippen molar-refractivity contribution in [1.82, 2.24) is 15.1 Å². The second kappa shape index (κ2) is 13.9. The Bertz CT molecular complexity index is 1400. The lowest BCUT2D eigenvalue weighted by Crippen LogP contribution is -2.27. The van der Waals surface area contributed by atoms with E-state index in [0.29, 0.717) is 41.4 Å². The van der Waals surface area contributed by atoms with Crippen molar-refractivity contribution < 1.29 is 23.5 Å². The average Bonchev–Trinajstić information content (AvgIpc) is 3.49. The Morgan fingerprint density at radius 3 is 2.50 bits per heavy atom. The summed E-state index contributed by atoms with van der Waals surface area (Å²) >= 11 is 0. The monoisotopic (exact) mass is 539 g/mol. The van der Waals surface area contributed by atoms with Gasteiger partial charge in [0.05, 0.1) is 18.9 Å². The molecule has 0 fully saturated rings. The molecule has 11 heteroatoms. The maximum Gasteiger partial charge on any atom is 0.408 e.